The number of pyridine rings is 1. The van der Waals surface area contributed by atoms with Gasteiger partial charge in [0.2, 0.25) is 0 Å². The molecule has 0 aliphatic heterocycles. The summed E-state index contributed by atoms with van der Waals surface area (Å²) in [5.41, 5.74) is 14.2. The number of nitrogens with zero attached hydrogens (tertiary/aromatic N) is 1. The average Bonchev–Trinajstić information content (AvgIpc) is 2.46. The van der Waals surface area contributed by atoms with Gasteiger partial charge in [-0.05, 0) is 29.7 Å². The average molecular weight is 270 g/mol. The van der Waals surface area contributed by atoms with Crippen molar-refractivity contribution in [1.82, 2.24) is 4.98 Å². The fourth-order valence-electron chi connectivity index (χ4n) is 2.00. The van der Waals surface area contributed by atoms with Gasteiger partial charge < -0.3 is 16.8 Å². The number of aryl methyl sites for hydroxylation is 1. The van der Waals surface area contributed by atoms with Crippen LogP contribution in [-0.4, -0.2) is 10.9 Å². The van der Waals surface area contributed by atoms with Gasteiger partial charge in [0, 0.05) is 6.54 Å². The number of nitrogens with two attached hydrogens (primary N) is 2. The number of carbonyl (C=O) groups excluding carboxylic acids is 1. The molecule has 5 N–H and O–H groups in total. The number of anilines is 2. The van der Waals surface area contributed by atoms with Gasteiger partial charge in [-0.1, -0.05) is 31.2 Å². The first-order chi connectivity index (χ1) is 9.61. The topological polar surface area (TPSA) is 94.0 Å². The zero-order valence-electron chi connectivity index (χ0n) is 11.4. The lowest BCUT2D eigenvalue weighted by molar-refractivity contribution is 0.0996. The van der Waals surface area contributed by atoms with E-state index in [1.54, 1.807) is 6.07 Å². The molecule has 5 heteroatoms. The molecule has 1 heterocycles. The fraction of sp³-hybridized carbons (Fsp3) is 0.200. The van der Waals surface area contributed by atoms with Crippen molar-refractivity contribution >= 4 is 17.4 Å². The van der Waals surface area contributed by atoms with Gasteiger partial charge >= 0.3 is 0 Å². The molecule has 0 unspecified atom stereocenters. The molecule has 5 nitrogen and oxygen atoms in total. The third-order valence-corrected chi connectivity index (χ3v) is 3.12. The lowest BCUT2D eigenvalue weighted by atomic mass is 10.1. The highest BCUT2D eigenvalue weighted by Gasteiger charge is 2.07. The van der Waals surface area contributed by atoms with Crippen molar-refractivity contribution in [1.29, 1.82) is 0 Å². The van der Waals surface area contributed by atoms with Crippen LogP contribution in [0.25, 0.3) is 0 Å². The number of nitrogens with one attached hydrogen (secondary N) is 1. The van der Waals surface area contributed by atoms with Crippen LogP contribution >= 0.6 is 0 Å². The van der Waals surface area contributed by atoms with Crippen LogP contribution in [0.15, 0.2) is 36.4 Å². The van der Waals surface area contributed by atoms with Gasteiger partial charge in [0.1, 0.15) is 11.5 Å². The summed E-state index contributed by atoms with van der Waals surface area (Å²) < 4.78 is 0. The lowest BCUT2D eigenvalue weighted by Gasteiger charge is -2.11. The number of rotatable bonds is 5. The highest BCUT2D eigenvalue weighted by atomic mass is 16.1. The number of amides is 1. The Hall–Kier alpha value is -2.56. The van der Waals surface area contributed by atoms with Crippen molar-refractivity contribution in [2.24, 2.45) is 5.73 Å². The molecule has 0 saturated carbocycles. The first-order valence-electron chi connectivity index (χ1n) is 6.48. The van der Waals surface area contributed by atoms with Crippen LogP contribution in [0.4, 0.5) is 11.5 Å². The van der Waals surface area contributed by atoms with E-state index in [4.69, 9.17) is 11.5 Å². The molecule has 0 saturated heterocycles. The summed E-state index contributed by atoms with van der Waals surface area (Å²) in [5, 5.41) is 3.16. The van der Waals surface area contributed by atoms with Crippen LogP contribution in [-0.2, 0) is 13.0 Å². The van der Waals surface area contributed by atoms with Crippen molar-refractivity contribution in [3.8, 4) is 0 Å². The SMILES string of the molecule is CCc1ccccc1CNc1nc(C(N)=O)ccc1N. The summed E-state index contributed by atoms with van der Waals surface area (Å²) in [5.74, 6) is -0.0887. The molecule has 20 heavy (non-hydrogen) atoms. The first-order valence-corrected chi connectivity index (χ1v) is 6.48. The third-order valence-electron chi connectivity index (χ3n) is 3.12. The monoisotopic (exact) mass is 270 g/mol. The molecule has 0 radical (unpaired) electrons. The van der Waals surface area contributed by atoms with Gasteiger partial charge in [-0.25, -0.2) is 4.98 Å². The lowest BCUT2D eigenvalue weighted by Crippen LogP contribution is -2.15. The number of hydrogen-bond donors (Lipinski definition) is 3. The van der Waals surface area contributed by atoms with Crippen LogP contribution in [0.3, 0.4) is 0 Å². The molecule has 0 spiro atoms. The minimum absolute atomic E-state index is 0.200. The standard InChI is InChI=1S/C15H18N4O/c1-2-10-5-3-4-6-11(10)9-18-15-12(16)7-8-13(19-15)14(17)20/h3-8H,2,9,16H2,1H3,(H2,17,20)(H,18,19). The molecule has 0 bridgehead atoms. The highest BCUT2D eigenvalue weighted by Crippen LogP contribution is 2.18. The largest absolute Gasteiger partial charge is 0.396 e. The van der Waals surface area contributed by atoms with Gasteiger partial charge in [-0.2, -0.15) is 0 Å². The Morgan fingerprint density at radius 3 is 2.55 bits per heavy atom. The smallest absolute Gasteiger partial charge is 0.267 e. The van der Waals surface area contributed by atoms with E-state index in [0.29, 0.717) is 18.1 Å². The Kier molecular flexibility index (Phi) is 4.20. The van der Waals surface area contributed by atoms with E-state index < -0.39 is 5.91 Å². The van der Waals surface area contributed by atoms with Crippen LogP contribution in [0, 0.1) is 0 Å². The van der Waals surface area contributed by atoms with Gasteiger partial charge in [-0.3, -0.25) is 4.79 Å². The first kappa shape index (κ1) is 13.9. The maximum Gasteiger partial charge on any atom is 0.267 e. The molecule has 2 rings (SSSR count). The van der Waals surface area contributed by atoms with Gasteiger partial charge in [0.25, 0.3) is 5.91 Å². The van der Waals surface area contributed by atoms with E-state index in [1.165, 1.54) is 17.2 Å². The fourth-order valence-corrected chi connectivity index (χ4v) is 2.00. The Morgan fingerprint density at radius 1 is 1.20 bits per heavy atom. The molecule has 0 fully saturated rings. The quantitative estimate of drug-likeness (QED) is 0.773. The maximum absolute atomic E-state index is 11.1. The Balaban J connectivity index is 2.18. The number of primary amides is 1. The van der Waals surface area contributed by atoms with Crippen molar-refractivity contribution in [3.63, 3.8) is 0 Å². The van der Waals surface area contributed by atoms with E-state index in [1.807, 2.05) is 12.1 Å². The molecular weight excluding hydrogens is 252 g/mol. The summed E-state index contributed by atoms with van der Waals surface area (Å²) in [6.45, 7) is 2.71. The molecule has 0 atom stereocenters. The summed E-state index contributed by atoms with van der Waals surface area (Å²) in [7, 11) is 0. The molecular formula is C15H18N4O. The van der Waals surface area contributed by atoms with Gasteiger partial charge in [-0.15, -0.1) is 0 Å². The van der Waals surface area contributed by atoms with Gasteiger partial charge in [0.15, 0.2) is 0 Å². The normalized spacial score (nSPS) is 10.2. The van der Waals surface area contributed by atoms with Gasteiger partial charge in [0.05, 0.1) is 5.69 Å². The van der Waals surface area contributed by atoms with Crippen LogP contribution < -0.4 is 16.8 Å². The molecule has 1 aromatic heterocycles. The third kappa shape index (κ3) is 3.06. The summed E-state index contributed by atoms with van der Waals surface area (Å²) in [6.07, 6.45) is 0.960. The molecule has 104 valence electrons. The summed E-state index contributed by atoms with van der Waals surface area (Å²) in [6, 6.07) is 11.3. The number of aromatic nitrogens is 1. The number of nitrogen functional groups attached to an aromatic ring is 1. The molecule has 2 aromatic rings. The predicted octanol–water partition coefficient (Wildman–Crippen LogP) is 1.94. The molecule has 1 aromatic carbocycles. The highest BCUT2D eigenvalue weighted by molar-refractivity contribution is 5.91. The minimum atomic E-state index is -0.568. The summed E-state index contributed by atoms with van der Waals surface area (Å²) >= 11 is 0. The summed E-state index contributed by atoms with van der Waals surface area (Å²) in [4.78, 5) is 15.3. The zero-order chi connectivity index (χ0) is 14.5. The molecule has 0 aliphatic rings. The Labute approximate surface area is 118 Å². The second-order valence-corrected chi connectivity index (χ2v) is 4.47. The van der Waals surface area contributed by atoms with E-state index in [2.05, 4.69) is 29.4 Å². The second-order valence-electron chi connectivity index (χ2n) is 4.47. The van der Waals surface area contributed by atoms with E-state index in [-0.39, 0.29) is 5.69 Å². The number of hydrogen-bond acceptors (Lipinski definition) is 4. The predicted molar refractivity (Wildman–Crippen MR) is 80.3 cm³/mol. The van der Waals surface area contributed by atoms with Crippen LogP contribution in [0.2, 0.25) is 0 Å². The second kappa shape index (κ2) is 6.06. The minimum Gasteiger partial charge on any atom is -0.396 e. The van der Waals surface area contributed by atoms with Crippen molar-refractivity contribution in [2.75, 3.05) is 11.1 Å². The molecule has 0 aliphatic carbocycles. The number of carbonyl (C=O) groups is 1. The van der Waals surface area contributed by atoms with E-state index >= 15 is 0 Å². The number of benzene rings is 1. The zero-order valence-corrected chi connectivity index (χ0v) is 11.4. The van der Waals surface area contributed by atoms with Crippen molar-refractivity contribution in [2.45, 2.75) is 19.9 Å². The van der Waals surface area contributed by atoms with E-state index in [0.717, 1.165) is 6.42 Å². The van der Waals surface area contributed by atoms with E-state index in [9.17, 15) is 4.79 Å². The Bertz CT molecular complexity index is 625. The van der Waals surface area contributed by atoms with Crippen LogP contribution in [0.5, 0.6) is 0 Å². The van der Waals surface area contributed by atoms with Crippen LogP contribution in [0.1, 0.15) is 28.5 Å². The maximum atomic E-state index is 11.1. The molecule has 1 amide bonds. The van der Waals surface area contributed by atoms with Crippen molar-refractivity contribution in [3.05, 3.63) is 53.2 Å². The van der Waals surface area contributed by atoms with Crippen molar-refractivity contribution < 1.29 is 4.79 Å². The Morgan fingerprint density at radius 2 is 1.90 bits per heavy atom.